The van der Waals surface area contributed by atoms with Crippen molar-refractivity contribution in [2.75, 3.05) is 0 Å². The second kappa shape index (κ2) is 7.16. The zero-order chi connectivity index (χ0) is 16.8. The van der Waals surface area contributed by atoms with Crippen molar-refractivity contribution in [1.82, 2.24) is 0 Å². The van der Waals surface area contributed by atoms with Gasteiger partial charge in [0.15, 0.2) is 0 Å². The third-order valence-corrected chi connectivity index (χ3v) is 4.87. The maximum Gasteiger partial charge on any atom is 0.503 e. The summed E-state index contributed by atoms with van der Waals surface area (Å²) < 4.78 is 24.3. The summed E-state index contributed by atoms with van der Waals surface area (Å²) in [5.41, 5.74) is -0.413. The van der Waals surface area contributed by atoms with E-state index in [4.69, 9.17) is 9.05 Å². The number of para-hydroxylation sites is 2. The van der Waals surface area contributed by atoms with E-state index in [1.54, 1.807) is 91.0 Å². The fraction of sp³-hybridized carbons (Fsp3) is 0. The second-order valence-corrected chi connectivity index (χ2v) is 6.74. The Morgan fingerprint density at radius 2 is 1.00 bits per heavy atom. The normalized spacial score (nSPS) is 10.8. The van der Waals surface area contributed by atoms with E-state index in [0.717, 1.165) is 0 Å². The maximum absolute atomic E-state index is 13.3. The highest BCUT2D eigenvalue weighted by Crippen LogP contribution is 2.51. The summed E-state index contributed by atoms with van der Waals surface area (Å²) in [6.07, 6.45) is 0. The number of hydrogen-bond acceptors (Lipinski definition) is 4. The van der Waals surface area contributed by atoms with Crippen LogP contribution in [0.15, 0.2) is 91.0 Å². The van der Waals surface area contributed by atoms with E-state index in [0.29, 0.717) is 11.5 Å². The molecule has 3 aromatic rings. The van der Waals surface area contributed by atoms with Gasteiger partial charge in [0.05, 0.1) is 0 Å². The fourth-order valence-electron chi connectivity index (χ4n) is 2.08. The van der Waals surface area contributed by atoms with E-state index in [1.165, 1.54) is 0 Å². The molecule has 0 fully saturated rings. The van der Waals surface area contributed by atoms with Crippen molar-refractivity contribution >= 4 is 13.1 Å². The highest BCUT2D eigenvalue weighted by atomic mass is 31.2. The van der Waals surface area contributed by atoms with Gasteiger partial charge in [-0.15, -0.1) is 0 Å². The van der Waals surface area contributed by atoms with E-state index < -0.39 is 13.1 Å². The van der Waals surface area contributed by atoms with E-state index in [2.05, 4.69) is 0 Å². The molecule has 24 heavy (non-hydrogen) atoms. The van der Waals surface area contributed by atoms with Crippen LogP contribution in [0.5, 0.6) is 11.5 Å². The van der Waals surface area contributed by atoms with Gasteiger partial charge in [0.2, 0.25) is 0 Å². The Balaban J connectivity index is 1.97. The number of hydrogen-bond donors (Lipinski definition) is 0. The molecule has 120 valence electrons. The minimum absolute atomic E-state index is 0.271. The van der Waals surface area contributed by atoms with Crippen molar-refractivity contribution in [2.45, 2.75) is 0 Å². The molecule has 0 atom stereocenters. The molecule has 0 spiro atoms. The SMILES string of the molecule is O=C(c1ccccc1)P(=O)(Oc1ccccc1)Oc1ccccc1. The van der Waals surface area contributed by atoms with Crippen LogP contribution in [0.3, 0.4) is 0 Å². The van der Waals surface area contributed by atoms with E-state index >= 15 is 0 Å². The first kappa shape index (κ1) is 16.0. The first-order valence-corrected chi connectivity index (χ1v) is 8.91. The van der Waals surface area contributed by atoms with Crippen LogP contribution in [0.25, 0.3) is 0 Å². The number of carbonyl (C=O) groups is 1. The van der Waals surface area contributed by atoms with Crippen molar-refractivity contribution < 1.29 is 18.4 Å². The Bertz CT molecular complexity index is 803. The lowest BCUT2D eigenvalue weighted by molar-refractivity contribution is 0.104. The van der Waals surface area contributed by atoms with Crippen LogP contribution >= 0.6 is 7.60 Å². The minimum atomic E-state index is -4.11. The van der Waals surface area contributed by atoms with E-state index in [9.17, 15) is 9.36 Å². The summed E-state index contributed by atoms with van der Waals surface area (Å²) in [6.45, 7) is 0. The van der Waals surface area contributed by atoms with Gasteiger partial charge in [0.1, 0.15) is 11.5 Å². The van der Waals surface area contributed by atoms with Crippen LogP contribution in [-0.2, 0) is 4.57 Å². The molecule has 0 radical (unpaired) electrons. The van der Waals surface area contributed by atoms with Gasteiger partial charge in [-0.3, -0.25) is 4.79 Å². The quantitative estimate of drug-likeness (QED) is 0.581. The average Bonchev–Trinajstić information content (AvgIpc) is 2.63. The van der Waals surface area contributed by atoms with Crippen molar-refractivity contribution in [1.29, 1.82) is 0 Å². The molecule has 0 aliphatic heterocycles. The Hall–Kier alpha value is -2.84. The van der Waals surface area contributed by atoms with Gasteiger partial charge >= 0.3 is 7.60 Å². The molecule has 0 saturated carbocycles. The first-order valence-electron chi connectivity index (χ1n) is 7.37. The molecule has 0 aliphatic carbocycles. The molecular weight excluding hydrogens is 323 g/mol. The van der Waals surface area contributed by atoms with Gasteiger partial charge in [0.25, 0.3) is 5.52 Å². The smallest absolute Gasteiger partial charge is 0.411 e. The monoisotopic (exact) mass is 338 g/mol. The molecule has 0 bridgehead atoms. The Kier molecular flexibility index (Phi) is 4.78. The second-order valence-electron chi connectivity index (χ2n) is 4.98. The summed E-state index contributed by atoms with van der Waals surface area (Å²) >= 11 is 0. The molecule has 3 aromatic carbocycles. The summed E-state index contributed by atoms with van der Waals surface area (Å²) in [7, 11) is -4.11. The van der Waals surface area contributed by atoms with Gasteiger partial charge in [-0.05, 0) is 24.3 Å². The molecule has 0 unspecified atom stereocenters. The summed E-state index contributed by atoms with van der Waals surface area (Å²) in [4.78, 5) is 12.8. The van der Waals surface area contributed by atoms with Gasteiger partial charge in [-0.2, -0.15) is 0 Å². The van der Waals surface area contributed by atoms with Crippen molar-refractivity contribution in [3.05, 3.63) is 96.6 Å². The van der Waals surface area contributed by atoms with Gasteiger partial charge in [-0.1, -0.05) is 66.7 Å². The standard InChI is InChI=1S/C19H15O4P/c20-19(16-10-4-1-5-11-16)24(21,22-17-12-6-2-7-13-17)23-18-14-8-3-9-15-18/h1-15H. The zero-order valence-corrected chi connectivity index (χ0v) is 13.6. The van der Waals surface area contributed by atoms with Crippen molar-refractivity contribution in [2.24, 2.45) is 0 Å². The summed E-state index contributed by atoms with van der Waals surface area (Å²) in [5, 5.41) is 0. The molecular formula is C19H15O4P. The zero-order valence-electron chi connectivity index (χ0n) is 12.7. The van der Waals surface area contributed by atoms with Crippen LogP contribution in [0, 0.1) is 0 Å². The number of carbonyl (C=O) groups excluding carboxylic acids is 1. The lowest BCUT2D eigenvalue weighted by Crippen LogP contribution is -2.11. The number of rotatable bonds is 6. The van der Waals surface area contributed by atoms with Gasteiger partial charge < -0.3 is 9.05 Å². The van der Waals surface area contributed by atoms with Gasteiger partial charge in [0, 0.05) is 5.56 Å². The maximum atomic E-state index is 13.3. The Morgan fingerprint density at radius 1 is 0.625 bits per heavy atom. The molecule has 3 rings (SSSR count). The predicted molar refractivity (Wildman–Crippen MR) is 92.5 cm³/mol. The van der Waals surface area contributed by atoms with E-state index in [-0.39, 0.29) is 5.56 Å². The van der Waals surface area contributed by atoms with Gasteiger partial charge in [-0.25, -0.2) is 4.57 Å². The molecule has 0 heterocycles. The highest BCUT2D eigenvalue weighted by molar-refractivity contribution is 7.73. The van der Waals surface area contributed by atoms with Crippen LogP contribution in [0.1, 0.15) is 10.4 Å². The van der Waals surface area contributed by atoms with E-state index in [1.807, 2.05) is 0 Å². The van der Waals surface area contributed by atoms with Crippen molar-refractivity contribution in [3.8, 4) is 11.5 Å². The molecule has 0 N–H and O–H groups in total. The Labute approximate surface area is 140 Å². The first-order chi connectivity index (χ1) is 11.7. The molecule has 0 amide bonds. The lowest BCUT2D eigenvalue weighted by atomic mass is 10.2. The number of benzene rings is 3. The fourth-order valence-corrected chi connectivity index (χ4v) is 3.55. The third kappa shape index (κ3) is 3.73. The molecule has 0 saturated heterocycles. The molecule has 5 heteroatoms. The highest BCUT2D eigenvalue weighted by Gasteiger charge is 2.39. The summed E-state index contributed by atoms with van der Waals surface area (Å²) in [5.74, 6) is 0.613. The predicted octanol–water partition coefficient (Wildman–Crippen LogP) is 5.18. The minimum Gasteiger partial charge on any atom is -0.411 e. The largest absolute Gasteiger partial charge is 0.503 e. The summed E-state index contributed by atoms with van der Waals surface area (Å²) in [6, 6.07) is 25.4. The lowest BCUT2D eigenvalue weighted by Gasteiger charge is -2.18. The Morgan fingerprint density at radius 3 is 1.42 bits per heavy atom. The third-order valence-electron chi connectivity index (χ3n) is 3.21. The van der Waals surface area contributed by atoms with Crippen LogP contribution < -0.4 is 9.05 Å². The van der Waals surface area contributed by atoms with Crippen LogP contribution in [0.4, 0.5) is 0 Å². The van der Waals surface area contributed by atoms with Crippen molar-refractivity contribution in [3.63, 3.8) is 0 Å². The molecule has 0 aromatic heterocycles. The average molecular weight is 338 g/mol. The topological polar surface area (TPSA) is 52.6 Å². The van der Waals surface area contributed by atoms with Crippen LogP contribution in [-0.4, -0.2) is 5.52 Å². The van der Waals surface area contributed by atoms with Crippen LogP contribution in [0.2, 0.25) is 0 Å². The molecule has 0 aliphatic rings. The molecule has 4 nitrogen and oxygen atoms in total.